The van der Waals surface area contributed by atoms with E-state index in [1.54, 1.807) is 24.3 Å². The lowest BCUT2D eigenvalue weighted by Crippen LogP contribution is -1.97. The molecule has 0 atom stereocenters. The number of carbonyl (C=O) groups is 1. The number of nitrogens with zero attached hydrogens (tertiary/aromatic N) is 1. The lowest BCUT2D eigenvalue weighted by atomic mass is 10.2. The van der Waals surface area contributed by atoms with E-state index < -0.39 is 11.8 Å². The second-order valence-corrected chi connectivity index (χ2v) is 3.81. The second-order valence-electron chi connectivity index (χ2n) is 3.81. The predicted molar refractivity (Wildman–Crippen MR) is 67.8 cm³/mol. The molecule has 0 amide bonds. The van der Waals surface area contributed by atoms with Crippen molar-refractivity contribution in [2.45, 2.75) is 0 Å². The lowest BCUT2D eigenvalue weighted by Gasteiger charge is -2.07. The molecule has 0 heterocycles. The number of carboxylic acid groups (broad SMARTS) is 1. The Bertz CT molecular complexity index is 660. The number of aromatic carboxylic acids is 1. The van der Waals surface area contributed by atoms with Crippen LogP contribution in [0, 0.1) is 17.1 Å². The van der Waals surface area contributed by atoms with Gasteiger partial charge in [-0.15, -0.1) is 0 Å². The van der Waals surface area contributed by atoms with Crippen molar-refractivity contribution in [1.29, 1.82) is 5.26 Å². The predicted octanol–water partition coefficient (Wildman–Crippen LogP) is 3.14. The highest BCUT2D eigenvalue weighted by Crippen LogP contribution is 2.19. The van der Waals surface area contributed by atoms with Gasteiger partial charge in [-0.2, -0.15) is 5.26 Å². The molecule has 19 heavy (non-hydrogen) atoms. The van der Waals surface area contributed by atoms with Gasteiger partial charge in [0, 0.05) is 11.4 Å². The summed E-state index contributed by atoms with van der Waals surface area (Å²) in [5.41, 5.74) is 1.28. The minimum absolute atomic E-state index is 0.0215. The summed E-state index contributed by atoms with van der Waals surface area (Å²) >= 11 is 0. The summed E-state index contributed by atoms with van der Waals surface area (Å²) in [5.74, 6) is -1.61. The molecule has 0 spiro atoms. The number of halogens is 1. The van der Waals surface area contributed by atoms with Crippen molar-refractivity contribution in [2.24, 2.45) is 0 Å². The zero-order valence-electron chi connectivity index (χ0n) is 9.72. The fourth-order valence-electron chi connectivity index (χ4n) is 1.55. The first-order chi connectivity index (χ1) is 9.10. The number of nitrogens with one attached hydrogen (secondary N) is 1. The van der Waals surface area contributed by atoms with E-state index >= 15 is 0 Å². The molecule has 2 aromatic carbocycles. The minimum Gasteiger partial charge on any atom is -0.478 e. The number of anilines is 2. The molecular formula is C14H9FN2O2. The second kappa shape index (κ2) is 5.19. The van der Waals surface area contributed by atoms with Crippen LogP contribution in [0.25, 0.3) is 0 Å². The third-order valence-corrected chi connectivity index (χ3v) is 2.51. The first-order valence-corrected chi connectivity index (χ1v) is 5.40. The Hall–Kier alpha value is -2.87. The van der Waals surface area contributed by atoms with Gasteiger partial charge in [0.05, 0.1) is 11.1 Å². The third kappa shape index (κ3) is 2.87. The molecule has 94 valence electrons. The topological polar surface area (TPSA) is 73.1 Å². The Balaban J connectivity index is 2.19. The Morgan fingerprint density at radius 2 is 1.79 bits per heavy atom. The number of hydrogen-bond acceptors (Lipinski definition) is 3. The van der Waals surface area contributed by atoms with E-state index in [4.69, 9.17) is 10.4 Å². The van der Waals surface area contributed by atoms with Crippen LogP contribution in [-0.4, -0.2) is 11.1 Å². The van der Waals surface area contributed by atoms with Gasteiger partial charge in [-0.05, 0) is 42.5 Å². The number of rotatable bonds is 3. The fourth-order valence-corrected chi connectivity index (χ4v) is 1.55. The summed E-state index contributed by atoms with van der Waals surface area (Å²) in [5, 5.41) is 20.3. The molecule has 0 aliphatic rings. The lowest BCUT2D eigenvalue weighted by molar-refractivity contribution is 0.0697. The monoisotopic (exact) mass is 256 g/mol. The molecule has 2 N–H and O–H groups in total. The number of nitriles is 1. The van der Waals surface area contributed by atoms with Crippen LogP contribution in [0.4, 0.5) is 15.8 Å². The van der Waals surface area contributed by atoms with E-state index in [9.17, 15) is 9.18 Å². The van der Waals surface area contributed by atoms with Gasteiger partial charge < -0.3 is 10.4 Å². The summed E-state index contributed by atoms with van der Waals surface area (Å²) in [7, 11) is 0. The van der Waals surface area contributed by atoms with E-state index in [1.165, 1.54) is 24.3 Å². The molecule has 4 nitrogen and oxygen atoms in total. The van der Waals surface area contributed by atoms with Gasteiger partial charge in [-0.3, -0.25) is 0 Å². The van der Waals surface area contributed by atoms with Crippen LogP contribution in [0.5, 0.6) is 0 Å². The van der Waals surface area contributed by atoms with E-state index in [2.05, 4.69) is 5.32 Å². The molecule has 5 heteroatoms. The van der Waals surface area contributed by atoms with E-state index in [0.717, 1.165) is 0 Å². The third-order valence-electron chi connectivity index (χ3n) is 2.51. The molecule has 0 aromatic heterocycles. The standard InChI is InChI=1S/C14H9FN2O2/c15-13-7-12(6-3-10(13)8-16)17-11-4-1-9(2-5-11)14(18)19/h1-7,17H,(H,18,19). The van der Waals surface area contributed by atoms with Crippen LogP contribution >= 0.6 is 0 Å². The molecule has 2 rings (SSSR count). The van der Waals surface area contributed by atoms with Crippen molar-refractivity contribution in [3.05, 3.63) is 59.4 Å². The first-order valence-electron chi connectivity index (χ1n) is 5.40. The summed E-state index contributed by atoms with van der Waals surface area (Å²) in [6.45, 7) is 0. The number of carboxylic acids is 1. The van der Waals surface area contributed by atoms with Gasteiger partial charge in [-0.25, -0.2) is 9.18 Å². The molecule has 0 unspecified atom stereocenters. The maximum atomic E-state index is 13.4. The van der Waals surface area contributed by atoms with E-state index in [-0.39, 0.29) is 11.1 Å². The van der Waals surface area contributed by atoms with Crippen molar-refractivity contribution in [3.8, 4) is 6.07 Å². The SMILES string of the molecule is N#Cc1ccc(Nc2ccc(C(=O)O)cc2)cc1F. The Morgan fingerprint density at radius 3 is 2.32 bits per heavy atom. The van der Waals surface area contributed by atoms with Crippen LogP contribution in [0.2, 0.25) is 0 Å². The van der Waals surface area contributed by atoms with Crippen LogP contribution in [0.15, 0.2) is 42.5 Å². The molecule has 0 fully saturated rings. The van der Waals surface area contributed by atoms with E-state index in [1.807, 2.05) is 0 Å². The van der Waals surface area contributed by atoms with Gasteiger partial charge in [-0.1, -0.05) is 0 Å². The highest BCUT2D eigenvalue weighted by atomic mass is 19.1. The maximum absolute atomic E-state index is 13.4. The van der Waals surface area contributed by atoms with Crippen LogP contribution in [0.3, 0.4) is 0 Å². The zero-order valence-corrected chi connectivity index (χ0v) is 9.72. The van der Waals surface area contributed by atoms with Crippen LogP contribution in [-0.2, 0) is 0 Å². The van der Waals surface area contributed by atoms with Gasteiger partial charge in [0.25, 0.3) is 0 Å². The summed E-state index contributed by atoms with van der Waals surface area (Å²) in [6, 6.07) is 12.0. The van der Waals surface area contributed by atoms with Crippen molar-refractivity contribution >= 4 is 17.3 Å². The average molecular weight is 256 g/mol. The summed E-state index contributed by atoms with van der Waals surface area (Å²) in [6.07, 6.45) is 0. The first kappa shape index (κ1) is 12.6. The van der Waals surface area contributed by atoms with Crippen molar-refractivity contribution in [3.63, 3.8) is 0 Å². The van der Waals surface area contributed by atoms with Gasteiger partial charge in [0.2, 0.25) is 0 Å². The summed E-state index contributed by atoms with van der Waals surface area (Å²) in [4.78, 5) is 10.7. The molecule has 0 saturated heterocycles. The quantitative estimate of drug-likeness (QED) is 0.884. The number of benzene rings is 2. The molecule has 0 radical (unpaired) electrons. The molecule has 0 aliphatic heterocycles. The average Bonchev–Trinajstić information content (AvgIpc) is 2.39. The smallest absolute Gasteiger partial charge is 0.335 e. The molecule has 2 aromatic rings. The molecular weight excluding hydrogens is 247 g/mol. The zero-order chi connectivity index (χ0) is 13.8. The fraction of sp³-hybridized carbons (Fsp3) is 0. The molecule has 0 saturated carbocycles. The number of hydrogen-bond donors (Lipinski definition) is 2. The largest absolute Gasteiger partial charge is 0.478 e. The Morgan fingerprint density at radius 1 is 1.16 bits per heavy atom. The highest BCUT2D eigenvalue weighted by molar-refractivity contribution is 5.88. The summed E-state index contributed by atoms with van der Waals surface area (Å²) < 4.78 is 13.4. The van der Waals surface area contributed by atoms with Crippen LogP contribution < -0.4 is 5.32 Å². The van der Waals surface area contributed by atoms with Crippen molar-refractivity contribution in [2.75, 3.05) is 5.32 Å². The van der Waals surface area contributed by atoms with Crippen molar-refractivity contribution in [1.82, 2.24) is 0 Å². The van der Waals surface area contributed by atoms with Crippen LogP contribution in [0.1, 0.15) is 15.9 Å². The van der Waals surface area contributed by atoms with Gasteiger partial charge in [0.1, 0.15) is 11.9 Å². The van der Waals surface area contributed by atoms with Gasteiger partial charge in [0.15, 0.2) is 0 Å². The Kier molecular flexibility index (Phi) is 3.44. The Labute approximate surface area is 108 Å². The van der Waals surface area contributed by atoms with E-state index in [0.29, 0.717) is 11.4 Å². The maximum Gasteiger partial charge on any atom is 0.335 e. The molecule has 0 bridgehead atoms. The van der Waals surface area contributed by atoms with Crippen molar-refractivity contribution < 1.29 is 14.3 Å². The van der Waals surface area contributed by atoms with Gasteiger partial charge >= 0.3 is 5.97 Å². The highest BCUT2D eigenvalue weighted by Gasteiger charge is 2.04. The minimum atomic E-state index is -1.00. The molecule has 0 aliphatic carbocycles. The normalized spacial score (nSPS) is 9.68.